The summed E-state index contributed by atoms with van der Waals surface area (Å²) in [5.74, 6) is 0. The van der Waals surface area contributed by atoms with Gasteiger partial charge in [-0.15, -0.1) is 0 Å². The standard InChI is InChI=1S/C14H14BrNO3S/c1-10(17)11-5-7-14(8-6-11)20(18,19)16-13-4-2-3-12(15)9-13/h2-10,16-17H,1H3. The number of rotatable bonds is 4. The Morgan fingerprint density at radius 2 is 1.80 bits per heavy atom. The Hall–Kier alpha value is -1.37. The zero-order valence-corrected chi connectivity index (χ0v) is 13.1. The van der Waals surface area contributed by atoms with E-state index in [4.69, 9.17) is 0 Å². The van der Waals surface area contributed by atoms with Gasteiger partial charge in [0, 0.05) is 10.2 Å². The Morgan fingerprint density at radius 3 is 2.35 bits per heavy atom. The van der Waals surface area contributed by atoms with Gasteiger partial charge in [-0.1, -0.05) is 34.1 Å². The number of sulfonamides is 1. The van der Waals surface area contributed by atoms with Crippen molar-refractivity contribution in [2.45, 2.75) is 17.9 Å². The minimum atomic E-state index is -3.63. The first-order chi connectivity index (χ1) is 9.38. The van der Waals surface area contributed by atoms with Crippen molar-refractivity contribution in [2.75, 3.05) is 4.72 Å². The molecule has 0 bridgehead atoms. The summed E-state index contributed by atoms with van der Waals surface area (Å²) >= 11 is 3.29. The molecular weight excluding hydrogens is 342 g/mol. The third-order valence-corrected chi connectivity index (χ3v) is 4.64. The average Bonchev–Trinajstić information content (AvgIpc) is 2.38. The van der Waals surface area contributed by atoms with Gasteiger partial charge in [0.15, 0.2) is 0 Å². The Labute approximate surface area is 126 Å². The van der Waals surface area contributed by atoms with Crippen LogP contribution in [-0.4, -0.2) is 13.5 Å². The highest BCUT2D eigenvalue weighted by Gasteiger charge is 2.14. The molecule has 0 spiro atoms. The van der Waals surface area contributed by atoms with E-state index in [1.165, 1.54) is 12.1 Å². The van der Waals surface area contributed by atoms with Crippen LogP contribution in [-0.2, 0) is 10.0 Å². The minimum Gasteiger partial charge on any atom is -0.389 e. The van der Waals surface area contributed by atoms with Crippen LogP contribution in [0.15, 0.2) is 57.9 Å². The van der Waals surface area contributed by atoms with Gasteiger partial charge in [0.25, 0.3) is 10.0 Å². The summed E-state index contributed by atoms with van der Waals surface area (Å²) in [6.45, 7) is 1.63. The lowest BCUT2D eigenvalue weighted by molar-refractivity contribution is 0.199. The predicted octanol–water partition coefficient (Wildman–Crippen LogP) is 3.30. The number of aliphatic hydroxyl groups excluding tert-OH is 1. The Bertz CT molecular complexity index is 697. The first-order valence-electron chi connectivity index (χ1n) is 5.95. The minimum absolute atomic E-state index is 0.155. The zero-order chi connectivity index (χ0) is 14.8. The van der Waals surface area contributed by atoms with Gasteiger partial charge in [-0.25, -0.2) is 8.42 Å². The van der Waals surface area contributed by atoms with Gasteiger partial charge < -0.3 is 5.11 Å². The van der Waals surface area contributed by atoms with Crippen LogP contribution < -0.4 is 4.72 Å². The summed E-state index contributed by atoms with van der Waals surface area (Å²) in [4.78, 5) is 0.155. The van der Waals surface area contributed by atoms with Gasteiger partial charge in [0.1, 0.15) is 0 Å². The molecule has 0 fully saturated rings. The van der Waals surface area contributed by atoms with Crippen LogP contribution in [0.1, 0.15) is 18.6 Å². The van der Waals surface area contributed by atoms with E-state index in [0.29, 0.717) is 11.3 Å². The number of halogens is 1. The van der Waals surface area contributed by atoms with Crippen LogP contribution in [0.5, 0.6) is 0 Å². The maximum Gasteiger partial charge on any atom is 0.261 e. The molecule has 0 heterocycles. The molecule has 2 rings (SSSR count). The van der Waals surface area contributed by atoms with Crippen LogP contribution in [0.25, 0.3) is 0 Å². The van der Waals surface area contributed by atoms with Crippen molar-refractivity contribution in [3.63, 3.8) is 0 Å². The molecule has 0 saturated carbocycles. The molecule has 4 nitrogen and oxygen atoms in total. The maximum atomic E-state index is 12.2. The van der Waals surface area contributed by atoms with E-state index in [-0.39, 0.29) is 4.90 Å². The second-order valence-corrected chi connectivity index (χ2v) is 6.96. The maximum absolute atomic E-state index is 12.2. The molecule has 2 N–H and O–H groups in total. The molecular formula is C14H14BrNO3S. The summed E-state index contributed by atoms with van der Waals surface area (Å²) in [7, 11) is -3.63. The lowest BCUT2D eigenvalue weighted by Crippen LogP contribution is -2.13. The second kappa shape index (κ2) is 5.95. The monoisotopic (exact) mass is 355 g/mol. The molecule has 0 aliphatic rings. The van der Waals surface area contributed by atoms with E-state index >= 15 is 0 Å². The fourth-order valence-corrected chi connectivity index (χ4v) is 3.14. The molecule has 0 saturated heterocycles. The molecule has 6 heteroatoms. The van der Waals surface area contributed by atoms with Crippen molar-refractivity contribution >= 4 is 31.6 Å². The number of aliphatic hydroxyl groups is 1. The summed E-state index contributed by atoms with van der Waals surface area (Å²) in [5.41, 5.74) is 1.16. The summed E-state index contributed by atoms with van der Waals surface area (Å²) in [5, 5.41) is 9.41. The molecule has 0 aromatic heterocycles. The first kappa shape index (κ1) is 15.0. The molecule has 106 valence electrons. The number of benzene rings is 2. The summed E-state index contributed by atoms with van der Waals surface area (Å²) in [6.07, 6.45) is -0.621. The van der Waals surface area contributed by atoms with E-state index < -0.39 is 16.1 Å². The molecule has 20 heavy (non-hydrogen) atoms. The SMILES string of the molecule is CC(O)c1ccc(S(=O)(=O)Nc2cccc(Br)c2)cc1. The molecule has 0 radical (unpaired) electrons. The Morgan fingerprint density at radius 1 is 1.15 bits per heavy atom. The van der Waals surface area contributed by atoms with Gasteiger partial charge in [-0.05, 0) is 42.8 Å². The van der Waals surface area contributed by atoms with Crippen LogP contribution in [0.2, 0.25) is 0 Å². The quantitative estimate of drug-likeness (QED) is 0.883. The van der Waals surface area contributed by atoms with Crippen molar-refractivity contribution in [1.29, 1.82) is 0 Å². The van der Waals surface area contributed by atoms with Crippen LogP contribution in [0.4, 0.5) is 5.69 Å². The van der Waals surface area contributed by atoms with Gasteiger partial charge in [-0.2, -0.15) is 0 Å². The first-order valence-corrected chi connectivity index (χ1v) is 8.22. The van der Waals surface area contributed by atoms with Crippen molar-refractivity contribution < 1.29 is 13.5 Å². The van der Waals surface area contributed by atoms with Gasteiger partial charge >= 0.3 is 0 Å². The van der Waals surface area contributed by atoms with Crippen LogP contribution >= 0.6 is 15.9 Å². The fraction of sp³-hybridized carbons (Fsp3) is 0.143. The van der Waals surface area contributed by atoms with Crippen molar-refractivity contribution in [3.05, 3.63) is 58.6 Å². The zero-order valence-electron chi connectivity index (χ0n) is 10.7. The Kier molecular flexibility index (Phi) is 4.47. The van der Waals surface area contributed by atoms with E-state index in [0.717, 1.165) is 4.47 Å². The molecule has 2 aromatic rings. The van der Waals surface area contributed by atoms with Crippen molar-refractivity contribution in [2.24, 2.45) is 0 Å². The number of hydrogen-bond donors (Lipinski definition) is 2. The summed E-state index contributed by atoms with van der Waals surface area (Å²) in [6, 6.07) is 13.1. The van der Waals surface area contributed by atoms with E-state index in [2.05, 4.69) is 20.7 Å². The second-order valence-electron chi connectivity index (χ2n) is 4.36. The third-order valence-electron chi connectivity index (χ3n) is 2.75. The van der Waals surface area contributed by atoms with Crippen molar-refractivity contribution in [1.82, 2.24) is 0 Å². The van der Waals surface area contributed by atoms with E-state index in [9.17, 15) is 13.5 Å². The van der Waals surface area contributed by atoms with Crippen LogP contribution in [0.3, 0.4) is 0 Å². The summed E-state index contributed by atoms with van der Waals surface area (Å²) < 4.78 is 27.7. The largest absolute Gasteiger partial charge is 0.389 e. The Balaban J connectivity index is 2.26. The smallest absolute Gasteiger partial charge is 0.261 e. The van der Waals surface area contributed by atoms with Gasteiger partial charge in [0.2, 0.25) is 0 Å². The highest BCUT2D eigenvalue weighted by Crippen LogP contribution is 2.21. The molecule has 0 aliphatic carbocycles. The van der Waals surface area contributed by atoms with Gasteiger partial charge in [-0.3, -0.25) is 4.72 Å². The lowest BCUT2D eigenvalue weighted by Gasteiger charge is -2.10. The molecule has 0 amide bonds. The highest BCUT2D eigenvalue weighted by atomic mass is 79.9. The highest BCUT2D eigenvalue weighted by molar-refractivity contribution is 9.10. The topological polar surface area (TPSA) is 66.4 Å². The van der Waals surface area contributed by atoms with Gasteiger partial charge in [0.05, 0.1) is 11.0 Å². The average molecular weight is 356 g/mol. The molecule has 1 atom stereocenters. The molecule has 1 unspecified atom stereocenters. The number of nitrogens with one attached hydrogen (secondary N) is 1. The molecule has 2 aromatic carbocycles. The van der Waals surface area contributed by atoms with E-state index in [1.54, 1.807) is 37.3 Å². The van der Waals surface area contributed by atoms with Crippen LogP contribution in [0, 0.1) is 0 Å². The van der Waals surface area contributed by atoms with Crippen molar-refractivity contribution in [3.8, 4) is 0 Å². The number of hydrogen-bond acceptors (Lipinski definition) is 3. The fourth-order valence-electron chi connectivity index (χ4n) is 1.69. The lowest BCUT2D eigenvalue weighted by atomic mass is 10.1. The normalized spacial score (nSPS) is 12.9. The third kappa shape index (κ3) is 3.59. The number of anilines is 1. The predicted molar refractivity (Wildman–Crippen MR) is 82.0 cm³/mol. The van der Waals surface area contributed by atoms with E-state index in [1.807, 2.05) is 6.07 Å². The molecule has 0 aliphatic heterocycles.